The number of hydrogen-bond acceptors (Lipinski definition) is 3. The monoisotopic (exact) mass is 259 g/mol. The summed E-state index contributed by atoms with van der Waals surface area (Å²) in [5.74, 6) is 0.0316. The van der Waals surface area contributed by atoms with Crippen LogP contribution in [0.4, 0.5) is 0 Å². The first-order valence-electron chi connectivity index (χ1n) is 7.15. The Hall–Kier alpha value is -1.19. The highest BCUT2D eigenvalue weighted by Crippen LogP contribution is 2.42. The molecule has 1 aliphatic carbocycles. The molecular formula is C16H21NO2. The van der Waals surface area contributed by atoms with E-state index in [4.69, 9.17) is 0 Å². The minimum absolute atomic E-state index is 0.0206. The van der Waals surface area contributed by atoms with Crippen LogP contribution in [-0.2, 0) is 4.79 Å². The van der Waals surface area contributed by atoms with Crippen molar-refractivity contribution in [1.29, 1.82) is 0 Å². The maximum Gasteiger partial charge on any atom is 0.167 e. The van der Waals surface area contributed by atoms with Gasteiger partial charge in [0.15, 0.2) is 5.78 Å². The number of benzene rings is 1. The highest BCUT2D eigenvalue weighted by Gasteiger charge is 2.52. The fraction of sp³-hybridized carbons (Fsp3) is 0.562. The number of fused-ring (bicyclic) bond motifs is 1. The van der Waals surface area contributed by atoms with Crippen molar-refractivity contribution in [2.24, 2.45) is 0 Å². The fourth-order valence-electron chi connectivity index (χ4n) is 3.75. The molecule has 102 valence electrons. The molecule has 1 heterocycles. The number of carbonyl (C=O) groups is 1. The molecule has 0 amide bonds. The lowest BCUT2D eigenvalue weighted by atomic mass is 9.71. The fourth-order valence-corrected chi connectivity index (χ4v) is 3.75. The van der Waals surface area contributed by atoms with Gasteiger partial charge in [-0.1, -0.05) is 36.8 Å². The summed E-state index contributed by atoms with van der Waals surface area (Å²) in [6, 6.07) is 10.2. The number of likely N-dealkylation sites (tertiary alicyclic amines) is 1. The molecule has 1 saturated heterocycles. The molecule has 0 bridgehead atoms. The first-order chi connectivity index (χ1) is 9.13. The van der Waals surface area contributed by atoms with Crippen LogP contribution in [0.15, 0.2) is 30.3 Å². The van der Waals surface area contributed by atoms with Crippen molar-refractivity contribution in [3.8, 4) is 0 Å². The van der Waals surface area contributed by atoms with Crippen LogP contribution in [0.2, 0.25) is 0 Å². The molecule has 0 unspecified atom stereocenters. The van der Waals surface area contributed by atoms with Crippen LogP contribution < -0.4 is 0 Å². The van der Waals surface area contributed by atoms with Gasteiger partial charge in [-0.05, 0) is 31.9 Å². The number of piperidine rings is 1. The molecule has 3 atom stereocenters. The number of carbonyl (C=O) groups excluding carboxylic acids is 1. The highest BCUT2D eigenvalue weighted by molar-refractivity contribution is 5.89. The van der Waals surface area contributed by atoms with E-state index in [1.807, 2.05) is 25.2 Å². The summed E-state index contributed by atoms with van der Waals surface area (Å²) in [4.78, 5) is 14.6. The molecule has 2 aliphatic rings. The summed E-state index contributed by atoms with van der Waals surface area (Å²) in [6.07, 6.45) is 4.03. The second kappa shape index (κ2) is 4.73. The van der Waals surface area contributed by atoms with Gasteiger partial charge in [-0.25, -0.2) is 0 Å². The summed E-state index contributed by atoms with van der Waals surface area (Å²) in [5, 5.41) is 10.7. The number of ketones is 1. The van der Waals surface area contributed by atoms with Gasteiger partial charge in [0.1, 0.15) is 5.60 Å². The lowest BCUT2D eigenvalue weighted by molar-refractivity contribution is -0.162. The summed E-state index contributed by atoms with van der Waals surface area (Å²) >= 11 is 0. The molecule has 1 aromatic rings. The Morgan fingerprint density at radius 2 is 2.00 bits per heavy atom. The normalized spacial score (nSPS) is 36.0. The van der Waals surface area contributed by atoms with E-state index in [0.717, 1.165) is 19.3 Å². The standard InChI is InChI=1S/C16H21NO2/c1-17-13(12-7-3-2-4-8-12)11-15(18)16(19)10-6-5-9-14(16)17/h2-4,7-8,13-14,19H,5-6,9-11H2,1H3/t13-,14+,16+/m0/s1. The van der Waals surface area contributed by atoms with Crippen LogP contribution in [0.3, 0.4) is 0 Å². The third-order valence-electron chi connectivity index (χ3n) is 4.87. The number of rotatable bonds is 1. The second-order valence-corrected chi connectivity index (χ2v) is 5.91. The molecule has 1 aromatic carbocycles. The molecular weight excluding hydrogens is 238 g/mol. The van der Waals surface area contributed by atoms with Gasteiger partial charge in [-0.3, -0.25) is 9.69 Å². The van der Waals surface area contributed by atoms with Crippen LogP contribution in [0.5, 0.6) is 0 Å². The Morgan fingerprint density at radius 1 is 1.26 bits per heavy atom. The Labute approximate surface area is 114 Å². The highest BCUT2D eigenvalue weighted by atomic mass is 16.3. The Bertz CT molecular complexity index is 473. The van der Waals surface area contributed by atoms with Gasteiger partial charge in [0.2, 0.25) is 0 Å². The van der Waals surface area contributed by atoms with Gasteiger partial charge in [-0.2, -0.15) is 0 Å². The first kappa shape index (κ1) is 12.8. The van der Waals surface area contributed by atoms with Crippen molar-refractivity contribution in [3.63, 3.8) is 0 Å². The van der Waals surface area contributed by atoms with Crippen molar-refractivity contribution in [3.05, 3.63) is 35.9 Å². The topological polar surface area (TPSA) is 40.5 Å². The van der Waals surface area contributed by atoms with Gasteiger partial charge >= 0.3 is 0 Å². The maximum absolute atomic E-state index is 12.4. The van der Waals surface area contributed by atoms with Gasteiger partial charge in [0.25, 0.3) is 0 Å². The SMILES string of the molecule is CN1[C@H](c2ccccc2)CC(=O)[C@@]2(O)CCCC[C@@H]12. The second-order valence-electron chi connectivity index (χ2n) is 5.91. The zero-order valence-corrected chi connectivity index (χ0v) is 11.4. The third kappa shape index (κ3) is 2.01. The average Bonchev–Trinajstić information content (AvgIpc) is 2.44. The van der Waals surface area contributed by atoms with E-state index in [9.17, 15) is 9.90 Å². The van der Waals surface area contributed by atoms with E-state index in [0.29, 0.717) is 12.8 Å². The molecule has 1 N–H and O–H groups in total. The minimum Gasteiger partial charge on any atom is -0.380 e. The summed E-state index contributed by atoms with van der Waals surface area (Å²) in [6.45, 7) is 0. The average molecular weight is 259 g/mol. The van der Waals surface area contributed by atoms with Crippen LogP contribution >= 0.6 is 0 Å². The molecule has 2 fully saturated rings. The Balaban J connectivity index is 1.93. The van der Waals surface area contributed by atoms with Crippen LogP contribution in [0.25, 0.3) is 0 Å². The van der Waals surface area contributed by atoms with E-state index in [-0.39, 0.29) is 17.9 Å². The molecule has 3 nitrogen and oxygen atoms in total. The van der Waals surface area contributed by atoms with Crippen molar-refractivity contribution in [1.82, 2.24) is 4.90 Å². The molecule has 1 aliphatic heterocycles. The molecule has 0 aromatic heterocycles. The lowest BCUT2D eigenvalue weighted by Gasteiger charge is -2.50. The maximum atomic E-state index is 12.4. The van der Waals surface area contributed by atoms with Crippen molar-refractivity contribution in [2.75, 3.05) is 7.05 Å². The number of hydrogen-bond donors (Lipinski definition) is 1. The first-order valence-corrected chi connectivity index (χ1v) is 7.15. The van der Waals surface area contributed by atoms with E-state index >= 15 is 0 Å². The van der Waals surface area contributed by atoms with E-state index in [2.05, 4.69) is 17.0 Å². The number of aliphatic hydroxyl groups is 1. The minimum atomic E-state index is -1.10. The van der Waals surface area contributed by atoms with Gasteiger partial charge < -0.3 is 5.11 Å². The Kier molecular flexibility index (Phi) is 3.19. The van der Waals surface area contributed by atoms with Gasteiger partial charge in [0.05, 0.1) is 0 Å². The van der Waals surface area contributed by atoms with Crippen molar-refractivity contribution < 1.29 is 9.90 Å². The lowest BCUT2D eigenvalue weighted by Crippen LogP contribution is -2.62. The molecule has 1 saturated carbocycles. The van der Waals surface area contributed by atoms with E-state index in [1.165, 1.54) is 5.56 Å². The van der Waals surface area contributed by atoms with Crippen molar-refractivity contribution >= 4 is 5.78 Å². The largest absolute Gasteiger partial charge is 0.380 e. The van der Waals surface area contributed by atoms with E-state index in [1.54, 1.807) is 0 Å². The quantitative estimate of drug-likeness (QED) is 0.841. The van der Waals surface area contributed by atoms with Crippen LogP contribution in [0.1, 0.15) is 43.7 Å². The Morgan fingerprint density at radius 3 is 2.74 bits per heavy atom. The summed E-state index contributed by atoms with van der Waals surface area (Å²) in [7, 11) is 2.05. The van der Waals surface area contributed by atoms with Crippen LogP contribution in [0, 0.1) is 0 Å². The van der Waals surface area contributed by atoms with Gasteiger partial charge in [-0.15, -0.1) is 0 Å². The number of nitrogens with zero attached hydrogens (tertiary/aromatic N) is 1. The van der Waals surface area contributed by atoms with E-state index < -0.39 is 5.60 Å². The number of likely N-dealkylation sites (N-methyl/N-ethyl adjacent to an activating group) is 1. The molecule has 19 heavy (non-hydrogen) atoms. The third-order valence-corrected chi connectivity index (χ3v) is 4.87. The van der Waals surface area contributed by atoms with Crippen molar-refractivity contribution in [2.45, 2.75) is 49.8 Å². The number of Topliss-reactive ketones (excluding diaryl/α,β-unsaturated/α-hetero) is 1. The zero-order chi connectivity index (χ0) is 13.5. The smallest absolute Gasteiger partial charge is 0.167 e. The predicted molar refractivity (Wildman–Crippen MR) is 73.8 cm³/mol. The molecule has 3 rings (SSSR count). The zero-order valence-electron chi connectivity index (χ0n) is 11.4. The predicted octanol–water partition coefficient (Wildman–Crippen LogP) is 2.31. The molecule has 3 heteroatoms. The molecule has 0 radical (unpaired) electrons. The van der Waals surface area contributed by atoms with Gasteiger partial charge in [0, 0.05) is 18.5 Å². The van der Waals surface area contributed by atoms with Crippen LogP contribution in [-0.4, -0.2) is 34.5 Å². The molecule has 0 spiro atoms. The summed E-state index contributed by atoms with van der Waals surface area (Å²) < 4.78 is 0. The summed E-state index contributed by atoms with van der Waals surface area (Å²) in [5.41, 5.74) is 0.0733.